The smallest absolute Gasteiger partial charge is 0.321 e. The lowest BCUT2D eigenvalue weighted by molar-refractivity contribution is -0.143. The van der Waals surface area contributed by atoms with Crippen LogP contribution >= 0.6 is 0 Å². The highest BCUT2D eigenvalue weighted by atomic mass is 32.2. The van der Waals surface area contributed by atoms with Crippen molar-refractivity contribution in [3.8, 4) is 0 Å². The molecule has 1 rings (SSSR count). The van der Waals surface area contributed by atoms with Gasteiger partial charge in [-0.15, -0.1) is 0 Å². The number of sulfonamides is 1. The average molecular weight is 318 g/mol. The summed E-state index contributed by atoms with van der Waals surface area (Å²) in [5, 5.41) is 3.83. The number of nitrogens with two attached hydrogens (primary N) is 1. The Morgan fingerprint density at radius 1 is 1.52 bits per heavy atom. The largest absolute Gasteiger partial charge is 0.465 e. The van der Waals surface area contributed by atoms with Crippen molar-refractivity contribution in [2.45, 2.75) is 25.7 Å². The zero-order valence-corrected chi connectivity index (χ0v) is 13.6. The zero-order valence-electron chi connectivity index (χ0n) is 12.7. The Hall–Kier alpha value is -1.61. The van der Waals surface area contributed by atoms with E-state index in [4.69, 9.17) is 10.5 Å². The second-order valence-corrected chi connectivity index (χ2v) is 6.96. The SMILES string of the molecule is CCOC(=O)CN(CC(C)C)S(=O)(=O)c1cn(C)nc1N. The van der Waals surface area contributed by atoms with E-state index in [1.54, 1.807) is 14.0 Å². The highest BCUT2D eigenvalue weighted by Gasteiger charge is 2.31. The second-order valence-electron chi connectivity index (χ2n) is 5.05. The maximum absolute atomic E-state index is 12.6. The summed E-state index contributed by atoms with van der Waals surface area (Å²) in [6.07, 6.45) is 1.32. The summed E-state index contributed by atoms with van der Waals surface area (Å²) < 4.78 is 32.5. The van der Waals surface area contributed by atoms with Crippen molar-refractivity contribution in [2.24, 2.45) is 13.0 Å². The quantitative estimate of drug-likeness (QED) is 0.720. The van der Waals surface area contributed by atoms with E-state index in [0.29, 0.717) is 0 Å². The summed E-state index contributed by atoms with van der Waals surface area (Å²) in [4.78, 5) is 11.5. The predicted molar refractivity (Wildman–Crippen MR) is 77.9 cm³/mol. The molecule has 0 unspecified atom stereocenters. The maximum Gasteiger partial charge on any atom is 0.321 e. The Labute approximate surface area is 124 Å². The maximum atomic E-state index is 12.6. The Balaban J connectivity index is 3.11. The van der Waals surface area contributed by atoms with E-state index in [1.165, 1.54) is 10.9 Å². The van der Waals surface area contributed by atoms with Crippen LogP contribution < -0.4 is 5.73 Å². The minimum absolute atomic E-state index is 0.0482. The van der Waals surface area contributed by atoms with Gasteiger partial charge in [0.25, 0.3) is 0 Å². The molecule has 0 aliphatic carbocycles. The summed E-state index contributed by atoms with van der Waals surface area (Å²) in [5.74, 6) is -0.633. The fraction of sp³-hybridized carbons (Fsp3) is 0.667. The number of hydrogen-bond acceptors (Lipinski definition) is 6. The van der Waals surface area contributed by atoms with E-state index in [1.807, 2.05) is 13.8 Å². The number of anilines is 1. The molecule has 0 atom stereocenters. The molecule has 1 heterocycles. The van der Waals surface area contributed by atoms with Crippen LogP contribution in [-0.2, 0) is 26.6 Å². The normalized spacial score (nSPS) is 12.1. The third-order valence-electron chi connectivity index (χ3n) is 2.62. The minimum Gasteiger partial charge on any atom is -0.465 e. The molecule has 0 aliphatic heterocycles. The topological polar surface area (TPSA) is 108 Å². The summed E-state index contributed by atoms with van der Waals surface area (Å²) in [5.41, 5.74) is 5.63. The third-order valence-corrected chi connectivity index (χ3v) is 4.45. The van der Waals surface area contributed by atoms with E-state index in [9.17, 15) is 13.2 Å². The van der Waals surface area contributed by atoms with Gasteiger partial charge in [-0.2, -0.15) is 9.40 Å². The van der Waals surface area contributed by atoms with Gasteiger partial charge in [-0.1, -0.05) is 13.8 Å². The minimum atomic E-state index is -3.90. The molecule has 0 bridgehead atoms. The standard InChI is InChI=1S/C12H22N4O4S/c1-5-20-11(17)8-16(6-9(2)3)21(18,19)10-7-15(4)14-12(10)13/h7,9H,5-6,8H2,1-4H3,(H2,13,14). The first-order valence-electron chi connectivity index (χ1n) is 6.63. The van der Waals surface area contributed by atoms with Crippen LogP contribution in [-0.4, -0.2) is 48.2 Å². The van der Waals surface area contributed by atoms with E-state index >= 15 is 0 Å². The van der Waals surface area contributed by atoms with Gasteiger partial charge in [-0.05, 0) is 12.8 Å². The van der Waals surface area contributed by atoms with Crippen LogP contribution in [0.25, 0.3) is 0 Å². The van der Waals surface area contributed by atoms with Gasteiger partial charge in [0.2, 0.25) is 10.0 Å². The highest BCUT2D eigenvalue weighted by molar-refractivity contribution is 7.89. The first-order valence-corrected chi connectivity index (χ1v) is 8.07. The number of carbonyl (C=O) groups excluding carboxylic acids is 1. The number of nitrogen functional groups attached to an aromatic ring is 1. The summed E-state index contributed by atoms with van der Waals surface area (Å²) in [7, 11) is -2.32. The van der Waals surface area contributed by atoms with Gasteiger partial charge < -0.3 is 10.5 Å². The molecular formula is C12H22N4O4S. The molecule has 0 radical (unpaired) electrons. The van der Waals surface area contributed by atoms with Crippen molar-refractivity contribution in [1.82, 2.24) is 14.1 Å². The van der Waals surface area contributed by atoms with Gasteiger partial charge in [0.05, 0.1) is 6.61 Å². The predicted octanol–water partition coefficient (Wildman–Crippen LogP) is 0.212. The van der Waals surface area contributed by atoms with Gasteiger partial charge in [0, 0.05) is 19.8 Å². The van der Waals surface area contributed by atoms with Gasteiger partial charge in [-0.25, -0.2) is 8.42 Å². The number of ether oxygens (including phenoxy) is 1. The van der Waals surface area contributed by atoms with Crippen molar-refractivity contribution in [3.63, 3.8) is 0 Å². The van der Waals surface area contributed by atoms with Crippen molar-refractivity contribution in [1.29, 1.82) is 0 Å². The fourth-order valence-electron chi connectivity index (χ4n) is 1.83. The van der Waals surface area contributed by atoms with E-state index in [0.717, 1.165) is 4.31 Å². The molecule has 0 aromatic carbocycles. The first-order chi connectivity index (χ1) is 9.68. The van der Waals surface area contributed by atoms with Crippen LogP contribution in [0.4, 0.5) is 5.82 Å². The van der Waals surface area contributed by atoms with Crippen molar-refractivity contribution >= 4 is 21.8 Å². The van der Waals surface area contributed by atoms with E-state index in [2.05, 4.69) is 5.10 Å². The lowest BCUT2D eigenvalue weighted by Gasteiger charge is -2.22. The molecule has 2 N–H and O–H groups in total. The van der Waals surface area contributed by atoms with Gasteiger partial charge in [0.15, 0.2) is 5.82 Å². The summed E-state index contributed by atoms with van der Waals surface area (Å²) in [6.45, 7) is 5.43. The molecule has 0 saturated carbocycles. The van der Waals surface area contributed by atoms with Crippen LogP contribution in [0.1, 0.15) is 20.8 Å². The molecule has 21 heavy (non-hydrogen) atoms. The molecule has 8 nitrogen and oxygen atoms in total. The van der Waals surface area contributed by atoms with Crippen molar-refractivity contribution in [3.05, 3.63) is 6.20 Å². The van der Waals surface area contributed by atoms with Crippen LogP contribution in [0, 0.1) is 5.92 Å². The zero-order chi connectivity index (χ0) is 16.2. The second kappa shape index (κ2) is 6.90. The van der Waals surface area contributed by atoms with Gasteiger partial charge in [0.1, 0.15) is 11.4 Å². The average Bonchev–Trinajstić information content (AvgIpc) is 2.68. The Kier molecular flexibility index (Phi) is 5.73. The molecule has 9 heteroatoms. The number of aryl methyl sites for hydroxylation is 1. The van der Waals surface area contributed by atoms with Crippen molar-refractivity contribution < 1.29 is 17.9 Å². The van der Waals surface area contributed by atoms with Gasteiger partial charge >= 0.3 is 5.97 Å². The van der Waals surface area contributed by atoms with E-state index in [-0.39, 0.29) is 36.3 Å². The lowest BCUT2D eigenvalue weighted by Crippen LogP contribution is -2.39. The van der Waals surface area contributed by atoms with E-state index < -0.39 is 16.0 Å². The molecule has 1 aromatic rings. The molecular weight excluding hydrogens is 296 g/mol. The Morgan fingerprint density at radius 3 is 2.57 bits per heavy atom. The first kappa shape index (κ1) is 17.4. The molecule has 0 spiro atoms. The third kappa shape index (κ3) is 4.43. The number of rotatable bonds is 7. The lowest BCUT2D eigenvalue weighted by atomic mass is 10.2. The van der Waals surface area contributed by atoms with Crippen LogP contribution in [0.3, 0.4) is 0 Å². The Morgan fingerprint density at radius 2 is 2.14 bits per heavy atom. The molecule has 120 valence electrons. The van der Waals surface area contributed by atoms with Crippen LogP contribution in [0.2, 0.25) is 0 Å². The summed E-state index contributed by atoms with van der Waals surface area (Å²) in [6, 6.07) is 0. The molecule has 1 aromatic heterocycles. The number of hydrogen-bond donors (Lipinski definition) is 1. The van der Waals surface area contributed by atoms with Crippen molar-refractivity contribution in [2.75, 3.05) is 25.4 Å². The molecule has 0 amide bonds. The molecule has 0 fully saturated rings. The fourth-order valence-corrected chi connectivity index (χ4v) is 3.47. The molecule has 0 saturated heterocycles. The number of nitrogens with zero attached hydrogens (tertiary/aromatic N) is 3. The summed E-state index contributed by atoms with van der Waals surface area (Å²) >= 11 is 0. The van der Waals surface area contributed by atoms with Crippen LogP contribution in [0.15, 0.2) is 11.1 Å². The van der Waals surface area contributed by atoms with Gasteiger partial charge in [-0.3, -0.25) is 9.48 Å². The Bertz CT molecular complexity index is 594. The highest BCUT2D eigenvalue weighted by Crippen LogP contribution is 2.21. The molecule has 0 aliphatic rings. The number of esters is 1. The monoisotopic (exact) mass is 318 g/mol. The number of carbonyl (C=O) groups is 1. The number of aromatic nitrogens is 2. The van der Waals surface area contributed by atoms with Crippen LogP contribution in [0.5, 0.6) is 0 Å².